The Kier molecular flexibility index (Phi) is 13.3. The molecule has 6 nitrogen and oxygen atoms in total. The van der Waals surface area contributed by atoms with Crippen molar-refractivity contribution in [3.63, 3.8) is 0 Å². The third-order valence-corrected chi connectivity index (χ3v) is 6.68. The molecule has 0 unspecified atom stereocenters. The van der Waals surface area contributed by atoms with Crippen LogP contribution in [-0.4, -0.2) is 68.3 Å². The van der Waals surface area contributed by atoms with Gasteiger partial charge >= 0.3 is 8.80 Å². The van der Waals surface area contributed by atoms with Gasteiger partial charge in [-0.2, -0.15) is 0 Å². The fourth-order valence-corrected chi connectivity index (χ4v) is 4.52. The van der Waals surface area contributed by atoms with Crippen LogP contribution in [-0.2, 0) is 27.5 Å². The van der Waals surface area contributed by atoms with Crippen LogP contribution in [0.25, 0.3) is 0 Å². The van der Waals surface area contributed by atoms with E-state index in [0.29, 0.717) is 59.5 Å². The Bertz CT molecular complexity index is 239. The Morgan fingerprint density at radius 3 is 1.09 bits per heavy atom. The summed E-state index contributed by atoms with van der Waals surface area (Å²) in [5.74, 6) is 0. The lowest BCUT2D eigenvalue weighted by Crippen LogP contribution is -2.55. The first-order chi connectivity index (χ1) is 10.9. The Morgan fingerprint density at radius 1 is 0.565 bits per heavy atom. The zero-order valence-corrected chi connectivity index (χ0v) is 16.8. The Hall–Kier alpha value is -0.0231. The fourth-order valence-electron chi connectivity index (χ4n) is 1.91. The van der Waals surface area contributed by atoms with Crippen LogP contribution in [0.3, 0.4) is 0 Å². The monoisotopic (exact) mass is 352 g/mol. The van der Waals surface area contributed by atoms with Crippen LogP contribution in [0.5, 0.6) is 0 Å². The first-order valence-corrected chi connectivity index (χ1v) is 10.3. The molecule has 0 bridgehead atoms. The summed E-state index contributed by atoms with van der Waals surface area (Å²) in [5, 5.41) is -0.238. The van der Waals surface area contributed by atoms with Gasteiger partial charge in [0.15, 0.2) is 0 Å². The molecule has 0 aromatic rings. The van der Waals surface area contributed by atoms with Crippen LogP contribution in [0.15, 0.2) is 0 Å². The minimum atomic E-state index is -2.89. The lowest BCUT2D eigenvalue weighted by atomic mass is 10.3. The van der Waals surface area contributed by atoms with Gasteiger partial charge in [0.2, 0.25) is 0 Å². The number of rotatable bonds is 15. The molecule has 7 heteroatoms. The molecule has 0 saturated carbocycles. The lowest BCUT2D eigenvalue weighted by Gasteiger charge is -2.39. The highest BCUT2D eigenvalue weighted by molar-refractivity contribution is 6.64. The second kappa shape index (κ2) is 13.3. The van der Waals surface area contributed by atoms with Crippen molar-refractivity contribution in [1.82, 2.24) is 0 Å². The molecule has 0 heterocycles. The average Bonchev–Trinajstić information content (AvgIpc) is 2.50. The van der Waals surface area contributed by atoms with E-state index in [4.69, 9.17) is 27.5 Å². The largest absolute Gasteiger partial charge is 0.506 e. The van der Waals surface area contributed by atoms with Gasteiger partial charge in [0.05, 0.1) is 39.6 Å². The topological polar surface area (TPSA) is 55.4 Å². The van der Waals surface area contributed by atoms with Crippen molar-refractivity contribution in [2.24, 2.45) is 0 Å². The van der Waals surface area contributed by atoms with Gasteiger partial charge in [0, 0.05) is 24.9 Å². The summed E-state index contributed by atoms with van der Waals surface area (Å²) in [6.45, 7) is 17.1. The van der Waals surface area contributed by atoms with Crippen molar-refractivity contribution in [3.05, 3.63) is 0 Å². The molecule has 0 fully saturated rings. The van der Waals surface area contributed by atoms with Crippen molar-refractivity contribution in [2.75, 3.05) is 59.5 Å². The molecule has 0 aliphatic carbocycles. The van der Waals surface area contributed by atoms with E-state index in [0.717, 1.165) is 0 Å². The predicted molar refractivity (Wildman–Crippen MR) is 92.8 cm³/mol. The second-order valence-electron chi connectivity index (χ2n) is 5.94. The molecule has 0 N–H and O–H groups in total. The fraction of sp³-hybridized carbons (Fsp3) is 1.00. The maximum Gasteiger partial charge on any atom is 0.506 e. The van der Waals surface area contributed by atoms with Crippen LogP contribution >= 0.6 is 0 Å². The van der Waals surface area contributed by atoms with Gasteiger partial charge in [0.1, 0.15) is 0 Å². The molecule has 0 spiro atoms. The summed E-state index contributed by atoms with van der Waals surface area (Å²) in [6.07, 6.45) is 0. The minimum absolute atomic E-state index is 0.238. The first-order valence-electron chi connectivity index (χ1n) is 8.58. The summed E-state index contributed by atoms with van der Waals surface area (Å²) in [5.41, 5.74) is 0. The van der Waals surface area contributed by atoms with E-state index in [9.17, 15) is 0 Å². The van der Waals surface area contributed by atoms with E-state index in [2.05, 4.69) is 20.8 Å². The summed E-state index contributed by atoms with van der Waals surface area (Å²) >= 11 is 0. The number of ether oxygens (including phenoxy) is 3. The van der Waals surface area contributed by atoms with Crippen molar-refractivity contribution >= 4 is 8.80 Å². The zero-order valence-electron chi connectivity index (χ0n) is 15.8. The lowest BCUT2D eigenvalue weighted by molar-refractivity contribution is -0.00832. The van der Waals surface area contributed by atoms with Crippen LogP contribution in [0.4, 0.5) is 0 Å². The van der Waals surface area contributed by atoms with E-state index in [-0.39, 0.29) is 5.04 Å². The van der Waals surface area contributed by atoms with Gasteiger partial charge in [-0.25, -0.2) is 0 Å². The van der Waals surface area contributed by atoms with E-state index in [1.54, 1.807) is 0 Å². The third-order valence-electron chi connectivity index (χ3n) is 3.09. The summed E-state index contributed by atoms with van der Waals surface area (Å²) in [7, 11) is -2.89. The molecular formula is C16H36O6Si. The molecule has 0 aliphatic rings. The van der Waals surface area contributed by atoms with Crippen LogP contribution in [0.1, 0.15) is 41.5 Å². The standard InChI is InChI=1S/C16H36O6Si/c1-7-17-10-13-20-23(16(4,5)6,21-14-11-18-8-2)22-15-12-19-9-3/h7-15H2,1-6H3. The van der Waals surface area contributed by atoms with Crippen LogP contribution in [0.2, 0.25) is 5.04 Å². The van der Waals surface area contributed by atoms with Crippen LogP contribution < -0.4 is 0 Å². The molecule has 23 heavy (non-hydrogen) atoms. The van der Waals surface area contributed by atoms with E-state index in [1.807, 2.05) is 20.8 Å². The zero-order chi connectivity index (χ0) is 17.6. The number of hydrogen-bond donors (Lipinski definition) is 0. The summed E-state index contributed by atoms with van der Waals surface area (Å²) < 4.78 is 34.4. The smallest absolute Gasteiger partial charge is 0.379 e. The van der Waals surface area contributed by atoms with E-state index in [1.165, 1.54) is 0 Å². The Balaban J connectivity index is 4.74. The molecule has 0 amide bonds. The summed E-state index contributed by atoms with van der Waals surface area (Å²) in [4.78, 5) is 0. The molecule has 0 radical (unpaired) electrons. The molecule has 0 saturated heterocycles. The van der Waals surface area contributed by atoms with Crippen LogP contribution in [0, 0.1) is 0 Å². The SMILES string of the molecule is CCOCCO[Si](OCCOCC)(OCCOCC)C(C)(C)C. The van der Waals surface area contributed by atoms with Crippen molar-refractivity contribution in [1.29, 1.82) is 0 Å². The Labute approximate surface area is 143 Å². The minimum Gasteiger partial charge on any atom is -0.379 e. The van der Waals surface area contributed by atoms with Gasteiger partial charge in [-0.15, -0.1) is 0 Å². The molecule has 140 valence electrons. The van der Waals surface area contributed by atoms with Crippen molar-refractivity contribution in [3.8, 4) is 0 Å². The van der Waals surface area contributed by atoms with E-state index >= 15 is 0 Å². The van der Waals surface area contributed by atoms with Gasteiger partial charge in [-0.3, -0.25) is 0 Å². The third kappa shape index (κ3) is 9.76. The highest BCUT2D eigenvalue weighted by Gasteiger charge is 2.53. The van der Waals surface area contributed by atoms with Gasteiger partial charge < -0.3 is 27.5 Å². The molecule has 0 rings (SSSR count). The number of hydrogen-bond acceptors (Lipinski definition) is 6. The maximum atomic E-state index is 6.12. The van der Waals surface area contributed by atoms with Gasteiger partial charge in [0.25, 0.3) is 0 Å². The normalized spacial score (nSPS) is 12.8. The van der Waals surface area contributed by atoms with Crippen molar-refractivity contribution in [2.45, 2.75) is 46.6 Å². The molecular weight excluding hydrogens is 316 g/mol. The molecule has 0 aliphatic heterocycles. The average molecular weight is 353 g/mol. The highest BCUT2D eigenvalue weighted by atomic mass is 28.4. The molecule has 0 aromatic carbocycles. The quantitative estimate of drug-likeness (QED) is 0.334. The van der Waals surface area contributed by atoms with Gasteiger partial charge in [-0.1, -0.05) is 20.8 Å². The van der Waals surface area contributed by atoms with E-state index < -0.39 is 8.80 Å². The molecule has 0 atom stereocenters. The second-order valence-corrected chi connectivity index (χ2v) is 9.42. The molecule has 0 aromatic heterocycles. The maximum absolute atomic E-state index is 6.12. The van der Waals surface area contributed by atoms with Crippen molar-refractivity contribution < 1.29 is 27.5 Å². The predicted octanol–water partition coefficient (Wildman–Crippen LogP) is 2.88. The Morgan fingerprint density at radius 2 is 0.870 bits per heavy atom. The first kappa shape index (κ1) is 23.0. The summed E-state index contributed by atoms with van der Waals surface area (Å²) in [6, 6.07) is 0. The highest BCUT2D eigenvalue weighted by Crippen LogP contribution is 2.38. The van der Waals surface area contributed by atoms with Gasteiger partial charge in [-0.05, 0) is 20.8 Å².